The molecule has 94 valence electrons. The van der Waals surface area contributed by atoms with Crippen LogP contribution in [0.3, 0.4) is 0 Å². The van der Waals surface area contributed by atoms with Crippen molar-refractivity contribution in [3.63, 3.8) is 0 Å². The summed E-state index contributed by atoms with van der Waals surface area (Å²) in [7, 11) is -3.84. The molecule has 0 aliphatic carbocycles. The molecule has 8 heteroatoms. The Hall–Kier alpha value is -2.35. The van der Waals surface area contributed by atoms with E-state index in [1.54, 1.807) is 12.1 Å². The zero-order chi connectivity index (χ0) is 13.2. The Bertz CT molecular complexity index is 655. The van der Waals surface area contributed by atoms with Gasteiger partial charge in [-0.2, -0.15) is 0 Å². The van der Waals surface area contributed by atoms with Crippen LogP contribution in [0.1, 0.15) is 0 Å². The monoisotopic (exact) mass is 266 g/mol. The maximum Gasteiger partial charge on any atom is 0.266 e. The van der Waals surface area contributed by atoms with Crippen molar-refractivity contribution in [2.24, 2.45) is 0 Å². The smallest absolute Gasteiger partial charge is 0.266 e. The van der Waals surface area contributed by atoms with E-state index >= 15 is 0 Å². The summed E-state index contributed by atoms with van der Waals surface area (Å²) in [5.41, 5.74) is 5.71. The molecule has 2 rings (SSSR count). The molecule has 0 fully saturated rings. The highest BCUT2D eigenvalue weighted by molar-refractivity contribution is 7.92. The van der Waals surface area contributed by atoms with E-state index in [4.69, 9.17) is 10.8 Å². The molecule has 0 radical (unpaired) electrons. The van der Waals surface area contributed by atoms with Crippen molar-refractivity contribution in [3.8, 4) is 5.75 Å². The summed E-state index contributed by atoms with van der Waals surface area (Å²) >= 11 is 0. The van der Waals surface area contributed by atoms with E-state index in [1.165, 1.54) is 12.1 Å². The molecule has 2 aromatic rings. The summed E-state index contributed by atoms with van der Waals surface area (Å²) in [6.07, 6.45) is 2.17. The largest absolute Gasteiger partial charge is 0.505 e. The van der Waals surface area contributed by atoms with Gasteiger partial charge in [-0.25, -0.2) is 23.1 Å². The van der Waals surface area contributed by atoms with Crippen LogP contribution in [0.15, 0.2) is 41.6 Å². The Labute approximate surface area is 103 Å². The van der Waals surface area contributed by atoms with E-state index in [2.05, 4.69) is 14.7 Å². The first kappa shape index (κ1) is 12.1. The summed E-state index contributed by atoms with van der Waals surface area (Å²) in [4.78, 5) is 7.20. The minimum absolute atomic E-state index is 0.0540. The minimum atomic E-state index is -3.84. The third-order valence-corrected chi connectivity index (χ3v) is 3.47. The molecule has 4 N–H and O–H groups in total. The predicted molar refractivity (Wildman–Crippen MR) is 65.4 cm³/mol. The number of nitrogen functional groups attached to an aromatic ring is 1. The highest BCUT2D eigenvalue weighted by Crippen LogP contribution is 2.19. The first-order chi connectivity index (χ1) is 8.49. The van der Waals surface area contributed by atoms with Gasteiger partial charge in [-0.15, -0.1) is 0 Å². The molecule has 0 spiro atoms. The molecule has 0 saturated heterocycles. The molecule has 0 bridgehead atoms. The molecular weight excluding hydrogens is 256 g/mol. The average molecular weight is 266 g/mol. The maximum absolute atomic E-state index is 12.0. The highest BCUT2D eigenvalue weighted by Gasteiger charge is 2.18. The molecule has 1 heterocycles. The van der Waals surface area contributed by atoms with Crippen LogP contribution in [0.25, 0.3) is 0 Å². The summed E-state index contributed by atoms with van der Waals surface area (Å²) in [5, 5.41) is 8.99. The second kappa shape index (κ2) is 4.49. The van der Waals surface area contributed by atoms with Gasteiger partial charge in [0.25, 0.3) is 10.0 Å². The standard InChI is InChI=1S/C10H10N4O3S/c11-8-3-1-2-4-9(8)18(16,17)14-10-12-5-7(15)6-13-10/h1-6,15H,11H2,(H,12,13,14). The topological polar surface area (TPSA) is 118 Å². The molecule has 0 aliphatic heterocycles. The minimum Gasteiger partial charge on any atom is -0.505 e. The van der Waals surface area contributed by atoms with Crippen LogP contribution in [-0.4, -0.2) is 23.5 Å². The Morgan fingerprint density at radius 1 is 1.17 bits per heavy atom. The van der Waals surface area contributed by atoms with Crippen LogP contribution in [0.5, 0.6) is 5.75 Å². The van der Waals surface area contributed by atoms with Gasteiger partial charge >= 0.3 is 0 Å². The summed E-state index contributed by atoms with van der Waals surface area (Å²) < 4.78 is 26.1. The predicted octanol–water partition coefficient (Wildman–Crippen LogP) is 0.565. The third kappa shape index (κ3) is 2.48. The van der Waals surface area contributed by atoms with E-state index in [9.17, 15) is 8.42 Å². The Morgan fingerprint density at radius 2 is 1.78 bits per heavy atom. The first-order valence-electron chi connectivity index (χ1n) is 4.87. The number of nitrogens with one attached hydrogen (secondary N) is 1. The number of aromatic hydroxyl groups is 1. The van der Waals surface area contributed by atoms with Gasteiger partial charge in [-0.05, 0) is 12.1 Å². The number of nitrogens with two attached hydrogens (primary N) is 1. The highest BCUT2D eigenvalue weighted by atomic mass is 32.2. The van der Waals surface area contributed by atoms with Gasteiger partial charge in [0.1, 0.15) is 4.90 Å². The number of hydrogen-bond donors (Lipinski definition) is 3. The Kier molecular flexibility index (Phi) is 3.02. The fourth-order valence-electron chi connectivity index (χ4n) is 1.27. The van der Waals surface area contributed by atoms with Gasteiger partial charge in [0.05, 0.1) is 18.1 Å². The SMILES string of the molecule is Nc1ccccc1S(=O)(=O)Nc1ncc(O)cn1. The van der Waals surface area contributed by atoms with E-state index in [1.807, 2.05) is 0 Å². The molecule has 18 heavy (non-hydrogen) atoms. The van der Waals surface area contributed by atoms with Crippen molar-refractivity contribution < 1.29 is 13.5 Å². The second-order valence-electron chi connectivity index (χ2n) is 3.41. The molecule has 0 saturated carbocycles. The number of hydrogen-bond acceptors (Lipinski definition) is 6. The lowest BCUT2D eigenvalue weighted by Gasteiger charge is -2.08. The molecular formula is C10H10N4O3S. The molecule has 0 aliphatic rings. The zero-order valence-electron chi connectivity index (χ0n) is 9.11. The van der Waals surface area contributed by atoms with Crippen LogP contribution in [-0.2, 0) is 10.0 Å². The summed E-state index contributed by atoms with van der Waals surface area (Å²) in [5.74, 6) is -0.298. The van der Waals surface area contributed by atoms with Crippen molar-refractivity contribution in [1.82, 2.24) is 9.97 Å². The number of aromatic nitrogens is 2. The maximum atomic E-state index is 12.0. The molecule has 0 unspecified atom stereocenters. The van der Waals surface area contributed by atoms with Gasteiger partial charge in [0, 0.05) is 0 Å². The van der Waals surface area contributed by atoms with Crippen molar-refractivity contribution in [2.45, 2.75) is 4.90 Å². The van der Waals surface area contributed by atoms with E-state index in [0.29, 0.717) is 0 Å². The molecule has 1 aromatic carbocycles. The Balaban J connectivity index is 2.33. The Morgan fingerprint density at radius 3 is 2.39 bits per heavy atom. The zero-order valence-corrected chi connectivity index (χ0v) is 9.92. The van der Waals surface area contributed by atoms with Crippen molar-refractivity contribution in [2.75, 3.05) is 10.5 Å². The van der Waals surface area contributed by atoms with Crippen molar-refractivity contribution in [3.05, 3.63) is 36.7 Å². The van der Waals surface area contributed by atoms with Crippen molar-refractivity contribution >= 4 is 21.7 Å². The van der Waals surface area contributed by atoms with Crippen LogP contribution >= 0.6 is 0 Å². The lowest BCUT2D eigenvalue weighted by Crippen LogP contribution is -2.16. The number of para-hydroxylation sites is 1. The number of sulfonamides is 1. The van der Waals surface area contributed by atoms with Gasteiger partial charge in [0.15, 0.2) is 5.75 Å². The third-order valence-electron chi connectivity index (χ3n) is 2.07. The fraction of sp³-hybridized carbons (Fsp3) is 0. The van der Waals surface area contributed by atoms with Gasteiger partial charge in [-0.1, -0.05) is 12.1 Å². The fourth-order valence-corrected chi connectivity index (χ4v) is 2.37. The van der Waals surface area contributed by atoms with Gasteiger partial charge in [-0.3, -0.25) is 0 Å². The number of anilines is 2. The van der Waals surface area contributed by atoms with Crippen molar-refractivity contribution in [1.29, 1.82) is 0 Å². The second-order valence-corrected chi connectivity index (χ2v) is 5.06. The summed E-state index contributed by atoms with van der Waals surface area (Å²) in [6.45, 7) is 0. The van der Waals surface area contributed by atoms with E-state index < -0.39 is 10.0 Å². The normalized spacial score (nSPS) is 11.1. The number of benzene rings is 1. The van der Waals surface area contributed by atoms with Crippen LogP contribution < -0.4 is 10.5 Å². The quantitative estimate of drug-likeness (QED) is 0.699. The van der Waals surface area contributed by atoms with Crippen LogP contribution in [0, 0.1) is 0 Å². The van der Waals surface area contributed by atoms with E-state index in [-0.39, 0.29) is 22.3 Å². The molecule has 1 aromatic heterocycles. The number of rotatable bonds is 3. The van der Waals surface area contributed by atoms with Crippen LogP contribution in [0.2, 0.25) is 0 Å². The summed E-state index contributed by atoms with van der Waals surface area (Å²) in [6, 6.07) is 6.04. The van der Waals surface area contributed by atoms with E-state index in [0.717, 1.165) is 12.4 Å². The number of nitrogens with zero attached hydrogens (tertiary/aromatic N) is 2. The average Bonchev–Trinajstić information content (AvgIpc) is 2.32. The van der Waals surface area contributed by atoms with Gasteiger partial charge < -0.3 is 10.8 Å². The first-order valence-corrected chi connectivity index (χ1v) is 6.36. The van der Waals surface area contributed by atoms with Gasteiger partial charge in [0.2, 0.25) is 5.95 Å². The van der Waals surface area contributed by atoms with Crippen LogP contribution in [0.4, 0.5) is 11.6 Å². The molecule has 0 atom stereocenters. The lowest BCUT2D eigenvalue weighted by molar-refractivity contribution is 0.470. The lowest BCUT2D eigenvalue weighted by atomic mass is 10.3. The molecule has 7 nitrogen and oxygen atoms in total. The molecule has 0 amide bonds.